The van der Waals surface area contributed by atoms with E-state index in [2.05, 4.69) is 27.2 Å². The van der Waals surface area contributed by atoms with Crippen molar-refractivity contribution >= 4 is 5.91 Å². The van der Waals surface area contributed by atoms with Crippen LogP contribution in [0.25, 0.3) is 0 Å². The molecule has 1 aliphatic carbocycles. The van der Waals surface area contributed by atoms with Gasteiger partial charge in [0.1, 0.15) is 0 Å². The molecule has 1 aromatic carbocycles. The van der Waals surface area contributed by atoms with Crippen LogP contribution in [0.4, 0.5) is 0 Å². The average Bonchev–Trinajstić information content (AvgIpc) is 3.26. The molecule has 1 amide bonds. The second-order valence-electron chi connectivity index (χ2n) is 9.22. The van der Waals surface area contributed by atoms with Crippen molar-refractivity contribution in [3.63, 3.8) is 0 Å². The van der Waals surface area contributed by atoms with Crippen LogP contribution in [-0.4, -0.2) is 54.5 Å². The number of nitrogens with one attached hydrogen (secondary N) is 1. The molecule has 2 saturated heterocycles. The van der Waals surface area contributed by atoms with Crippen LogP contribution in [0.5, 0.6) is 0 Å². The molecule has 0 radical (unpaired) electrons. The van der Waals surface area contributed by atoms with Crippen molar-refractivity contribution in [1.82, 2.24) is 15.1 Å². The minimum absolute atomic E-state index is 0.161. The molecule has 2 heterocycles. The molecule has 1 aromatic rings. The van der Waals surface area contributed by atoms with Crippen LogP contribution >= 0.6 is 0 Å². The zero-order valence-electron chi connectivity index (χ0n) is 17.3. The van der Waals surface area contributed by atoms with Gasteiger partial charge in [0.05, 0.1) is 5.92 Å². The first-order valence-corrected chi connectivity index (χ1v) is 11.6. The molecule has 4 heteroatoms. The van der Waals surface area contributed by atoms with Crippen LogP contribution in [-0.2, 0) is 11.3 Å². The number of nitrogens with zero attached hydrogens (tertiary/aromatic N) is 2. The van der Waals surface area contributed by atoms with E-state index >= 15 is 0 Å². The number of rotatable bonds is 6. The van der Waals surface area contributed by atoms with Crippen LogP contribution in [0.15, 0.2) is 30.3 Å². The second-order valence-corrected chi connectivity index (χ2v) is 9.22. The molecule has 0 aromatic heterocycles. The highest BCUT2D eigenvalue weighted by molar-refractivity contribution is 5.78. The third kappa shape index (κ3) is 5.36. The van der Waals surface area contributed by atoms with Crippen molar-refractivity contribution < 1.29 is 4.79 Å². The van der Waals surface area contributed by atoms with Crippen LogP contribution in [0.1, 0.15) is 56.9 Å². The smallest absolute Gasteiger partial charge is 0.224 e. The van der Waals surface area contributed by atoms with Crippen molar-refractivity contribution in [1.29, 1.82) is 0 Å². The Bertz CT molecular complexity index is 606. The van der Waals surface area contributed by atoms with Crippen LogP contribution < -0.4 is 5.32 Å². The number of likely N-dealkylation sites (tertiary alicyclic amines) is 2. The third-order valence-corrected chi connectivity index (χ3v) is 7.20. The molecule has 28 heavy (non-hydrogen) atoms. The van der Waals surface area contributed by atoms with Gasteiger partial charge in [0.15, 0.2) is 0 Å². The zero-order chi connectivity index (χ0) is 19.2. The third-order valence-electron chi connectivity index (χ3n) is 7.20. The lowest BCUT2D eigenvalue weighted by molar-refractivity contribution is -0.127. The maximum atomic E-state index is 12.7. The summed E-state index contributed by atoms with van der Waals surface area (Å²) in [7, 11) is 0. The zero-order valence-corrected chi connectivity index (χ0v) is 17.3. The Hall–Kier alpha value is -1.39. The fourth-order valence-corrected chi connectivity index (χ4v) is 5.51. The Labute approximate surface area is 170 Å². The van der Waals surface area contributed by atoms with Gasteiger partial charge in [-0.2, -0.15) is 0 Å². The number of piperidine rings is 2. The molecule has 1 atom stereocenters. The predicted molar refractivity (Wildman–Crippen MR) is 114 cm³/mol. The number of amides is 1. The van der Waals surface area contributed by atoms with Crippen molar-refractivity contribution in [2.75, 3.05) is 32.7 Å². The summed E-state index contributed by atoms with van der Waals surface area (Å²) in [5, 5.41) is 3.17. The standard InChI is InChI=1S/C24H37N3O/c28-24(25-17-20-7-2-1-3-8-20)22-11-6-14-27(19-22)23-12-15-26(16-13-23)18-21-9-4-5-10-21/h1-3,7-8,21-23H,4-6,9-19H2,(H,25,28). The monoisotopic (exact) mass is 383 g/mol. The molecule has 154 valence electrons. The fourth-order valence-electron chi connectivity index (χ4n) is 5.51. The molecule has 2 aliphatic heterocycles. The van der Waals surface area contributed by atoms with Gasteiger partial charge in [0.25, 0.3) is 0 Å². The number of hydrogen-bond donors (Lipinski definition) is 1. The summed E-state index contributed by atoms with van der Waals surface area (Å²) in [6, 6.07) is 10.9. The Morgan fingerprint density at radius 1 is 0.929 bits per heavy atom. The molecule has 0 bridgehead atoms. The highest BCUT2D eigenvalue weighted by atomic mass is 16.1. The van der Waals surface area contributed by atoms with E-state index in [0.29, 0.717) is 12.6 Å². The van der Waals surface area contributed by atoms with Crippen molar-refractivity contribution in [3.8, 4) is 0 Å². The van der Waals surface area contributed by atoms with Gasteiger partial charge in [-0.3, -0.25) is 9.69 Å². The van der Waals surface area contributed by atoms with Gasteiger partial charge in [0.2, 0.25) is 5.91 Å². The van der Waals surface area contributed by atoms with Gasteiger partial charge in [-0.15, -0.1) is 0 Å². The molecule has 1 saturated carbocycles. The summed E-state index contributed by atoms with van der Waals surface area (Å²) in [6.45, 7) is 6.61. The van der Waals surface area contributed by atoms with E-state index in [1.165, 1.54) is 70.3 Å². The molecule has 3 fully saturated rings. The highest BCUT2D eigenvalue weighted by Gasteiger charge is 2.32. The number of hydrogen-bond acceptors (Lipinski definition) is 3. The van der Waals surface area contributed by atoms with E-state index in [1.54, 1.807) is 0 Å². The molecular weight excluding hydrogens is 346 g/mol. The quantitative estimate of drug-likeness (QED) is 0.814. The van der Waals surface area contributed by atoms with Crippen molar-refractivity contribution in [3.05, 3.63) is 35.9 Å². The van der Waals surface area contributed by atoms with E-state index < -0.39 is 0 Å². The lowest BCUT2D eigenvalue weighted by atomic mass is 9.93. The fraction of sp³-hybridized carbons (Fsp3) is 0.708. The summed E-state index contributed by atoms with van der Waals surface area (Å²) >= 11 is 0. The van der Waals surface area contributed by atoms with Gasteiger partial charge in [-0.1, -0.05) is 43.2 Å². The Morgan fingerprint density at radius 2 is 1.68 bits per heavy atom. The van der Waals surface area contributed by atoms with Gasteiger partial charge < -0.3 is 10.2 Å². The molecule has 3 aliphatic rings. The summed E-state index contributed by atoms with van der Waals surface area (Å²) < 4.78 is 0. The summed E-state index contributed by atoms with van der Waals surface area (Å²) in [5.74, 6) is 1.37. The Morgan fingerprint density at radius 3 is 2.43 bits per heavy atom. The molecular formula is C24H37N3O. The second kappa shape index (κ2) is 9.89. The number of benzene rings is 1. The first-order chi connectivity index (χ1) is 13.8. The van der Waals surface area contributed by atoms with E-state index in [-0.39, 0.29) is 11.8 Å². The topological polar surface area (TPSA) is 35.6 Å². The van der Waals surface area contributed by atoms with Crippen LogP contribution in [0.3, 0.4) is 0 Å². The van der Waals surface area contributed by atoms with Crippen molar-refractivity contribution in [2.24, 2.45) is 11.8 Å². The SMILES string of the molecule is O=C(NCc1ccccc1)C1CCCN(C2CCN(CC3CCCC3)CC2)C1. The van der Waals surface area contributed by atoms with E-state index in [1.807, 2.05) is 18.2 Å². The highest BCUT2D eigenvalue weighted by Crippen LogP contribution is 2.28. The minimum atomic E-state index is 0.161. The van der Waals surface area contributed by atoms with Crippen LogP contribution in [0.2, 0.25) is 0 Å². The predicted octanol–water partition coefficient (Wildman–Crippen LogP) is 3.67. The summed E-state index contributed by atoms with van der Waals surface area (Å²) in [4.78, 5) is 18.0. The molecule has 4 rings (SSSR count). The number of carbonyl (C=O) groups is 1. The Kier molecular flexibility index (Phi) is 7.03. The maximum Gasteiger partial charge on any atom is 0.224 e. The first kappa shape index (κ1) is 19.9. The van der Waals surface area contributed by atoms with Crippen molar-refractivity contribution in [2.45, 2.75) is 64.0 Å². The molecule has 4 nitrogen and oxygen atoms in total. The lowest BCUT2D eigenvalue weighted by Crippen LogP contribution is -2.51. The molecule has 1 N–H and O–H groups in total. The van der Waals surface area contributed by atoms with Gasteiger partial charge in [-0.05, 0) is 69.6 Å². The average molecular weight is 384 g/mol. The van der Waals surface area contributed by atoms with Gasteiger partial charge >= 0.3 is 0 Å². The molecule has 1 unspecified atom stereocenters. The minimum Gasteiger partial charge on any atom is -0.352 e. The van der Waals surface area contributed by atoms with E-state index in [0.717, 1.165) is 25.3 Å². The summed E-state index contributed by atoms with van der Waals surface area (Å²) in [5.41, 5.74) is 1.18. The van der Waals surface area contributed by atoms with Gasteiger partial charge in [0, 0.05) is 25.7 Å². The Balaban J connectivity index is 1.21. The lowest BCUT2D eigenvalue weighted by Gasteiger charge is -2.42. The maximum absolute atomic E-state index is 12.7. The van der Waals surface area contributed by atoms with Crippen LogP contribution in [0, 0.1) is 11.8 Å². The van der Waals surface area contributed by atoms with Gasteiger partial charge in [-0.25, -0.2) is 0 Å². The van der Waals surface area contributed by atoms with E-state index in [4.69, 9.17) is 0 Å². The largest absolute Gasteiger partial charge is 0.352 e. The summed E-state index contributed by atoms with van der Waals surface area (Å²) in [6.07, 6.45) is 10.6. The normalized spacial score (nSPS) is 25.8. The molecule has 0 spiro atoms. The first-order valence-electron chi connectivity index (χ1n) is 11.6. The van der Waals surface area contributed by atoms with E-state index in [9.17, 15) is 4.79 Å². The number of carbonyl (C=O) groups excluding carboxylic acids is 1.